The second kappa shape index (κ2) is 10.1. The Labute approximate surface area is 241 Å². The lowest BCUT2D eigenvalue weighted by Gasteiger charge is -2.26. The van der Waals surface area contributed by atoms with Gasteiger partial charge >= 0.3 is 0 Å². The number of rotatable bonds is 8. The lowest BCUT2D eigenvalue weighted by molar-refractivity contribution is -0.123. The van der Waals surface area contributed by atoms with Crippen LogP contribution >= 0.6 is 0 Å². The van der Waals surface area contributed by atoms with Crippen LogP contribution in [0.2, 0.25) is 0 Å². The molecule has 0 radical (unpaired) electrons. The molecule has 1 saturated carbocycles. The van der Waals surface area contributed by atoms with Crippen molar-refractivity contribution in [3.05, 3.63) is 82.9 Å². The van der Waals surface area contributed by atoms with Gasteiger partial charge in [-0.2, -0.15) is 0 Å². The molecule has 4 aromatic rings. The number of nitrogens with two attached hydrogens (primary N) is 1. The molecule has 2 atom stereocenters. The van der Waals surface area contributed by atoms with Gasteiger partial charge in [0.25, 0.3) is 5.91 Å². The van der Waals surface area contributed by atoms with Gasteiger partial charge in [0.15, 0.2) is 0 Å². The van der Waals surface area contributed by atoms with Crippen LogP contribution in [0.15, 0.2) is 54.6 Å². The molecule has 0 saturated heterocycles. The number of primary amides is 1. The van der Waals surface area contributed by atoms with Crippen molar-refractivity contribution in [1.82, 2.24) is 15.3 Å². The molecular formula is C32H31FN4O5. The highest BCUT2D eigenvalue weighted by Crippen LogP contribution is 2.45. The molecule has 2 aliphatic rings. The molecule has 3 heterocycles. The van der Waals surface area contributed by atoms with E-state index >= 15 is 0 Å². The van der Waals surface area contributed by atoms with Crippen LogP contribution in [0, 0.1) is 12.7 Å². The highest BCUT2D eigenvalue weighted by Gasteiger charge is 2.45. The number of aliphatic hydroxyl groups is 1. The number of nitrogens with one attached hydrogen (secondary N) is 1. The number of halogens is 1. The minimum atomic E-state index is -1.66. The molecule has 2 aromatic heterocycles. The molecule has 0 spiro atoms. The Morgan fingerprint density at radius 2 is 1.90 bits per heavy atom. The summed E-state index contributed by atoms with van der Waals surface area (Å²) in [6.07, 6.45) is 2.03. The fourth-order valence-corrected chi connectivity index (χ4v) is 5.00. The van der Waals surface area contributed by atoms with Gasteiger partial charge in [-0.15, -0.1) is 0 Å². The number of carbonyl (C=O) groups excluding carboxylic acids is 2. The van der Waals surface area contributed by atoms with Gasteiger partial charge < -0.3 is 25.6 Å². The van der Waals surface area contributed by atoms with E-state index in [0.717, 1.165) is 23.9 Å². The van der Waals surface area contributed by atoms with Gasteiger partial charge in [-0.1, -0.05) is 6.07 Å². The van der Waals surface area contributed by atoms with Crippen molar-refractivity contribution in [3.8, 4) is 22.8 Å². The Bertz CT molecular complexity index is 1740. The lowest BCUT2D eigenvalue weighted by atomic mass is 9.82. The first-order chi connectivity index (χ1) is 19.9. The molecule has 2 aromatic carbocycles. The summed E-state index contributed by atoms with van der Waals surface area (Å²) in [7, 11) is 0. The van der Waals surface area contributed by atoms with Crippen LogP contribution in [-0.4, -0.2) is 46.1 Å². The zero-order valence-corrected chi connectivity index (χ0v) is 23.5. The summed E-state index contributed by atoms with van der Waals surface area (Å²) in [5.41, 5.74) is 6.34. The van der Waals surface area contributed by atoms with E-state index in [-0.39, 0.29) is 24.9 Å². The molecule has 2 amide bonds. The number of nitrogens with zero attached hydrogens (tertiary/aromatic N) is 2. The maximum absolute atomic E-state index is 13.7. The molecule has 10 heteroatoms. The van der Waals surface area contributed by atoms with Gasteiger partial charge in [0.1, 0.15) is 46.1 Å². The molecule has 9 nitrogen and oxygen atoms in total. The number of aryl methyl sites for hydroxylation is 1. The summed E-state index contributed by atoms with van der Waals surface area (Å²) >= 11 is 0. The highest BCUT2D eigenvalue weighted by molar-refractivity contribution is 6.00. The normalized spacial score (nSPS) is 19.1. The van der Waals surface area contributed by atoms with E-state index in [4.69, 9.17) is 15.2 Å². The van der Waals surface area contributed by atoms with E-state index in [1.165, 1.54) is 19.1 Å². The minimum absolute atomic E-state index is 0.00250. The molecule has 0 unspecified atom stereocenters. The summed E-state index contributed by atoms with van der Waals surface area (Å²) < 4.78 is 25.6. The van der Waals surface area contributed by atoms with Crippen LogP contribution in [0.1, 0.15) is 54.0 Å². The molecule has 216 valence electrons. The Kier molecular flexibility index (Phi) is 6.61. The van der Waals surface area contributed by atoms with E-state index in [9.17, 15) is 19.1 Å². The third kappa shape index (κ3) is 5.02. The molecule has 6 rings (SSSR count). The minimum Gasteiger partial charge on any atom is -0.489 e. The number of hydrogen-bond donors (Lipinski definition) is 3. The first-order valence-electron chi connectivity index (χ1n) is 13.8. The summed E-state index contributed by atoms with van der Waals surface area (Å²) in [6.45, 7) is 4.88. The number of ether oxygens (including phenoxy) is 2. The van der Waals surface area contributed by atoms with Crippen molar-refractivity contribution in [3.63, 3.8) is 0 Å². The molecule has 42 heavy (non-hydrogen) atoms. The molecular weight excluding hydrogens is 539 g/mol. The number of amides is 2. The number of pyridine rings is 2. The zero-order chi connectivity index (χ0) is 29.8. The Balaban J connectivity index is 1.32. The molecule has 0 bridgehead atoms. The van der Waals surface area contributed by atoms with Gasteiger partial charge in [-0.05, 0) is 82.1 Å². The van der Waals surface area contributed by atoms with E-state index in [1.807, 2.05) is 19.1 Å². The fourth-order valence-electron chi connectivity index (χ4n) is 5.00. The van der Waals surface area contributed by atoms with E-state index in [1.54, 1.807) is 37.3 Å². The number of hydrogen-bond acceptors (Lipinski definition) is 7. The summed E-state index contributed by atoms with van der Waals surface area (Å²) in [5.74, 6) is -0.542. The lowest BCUT2D eigenvalue weighted by Crippen LogP contribution is -2.41. The maximum Gasteiger partial charge on any atom is 0.251 e. The number of fused-ring (bicyclic) bond motifs is 2. The average molecular weight is 571 g/mol. The van der Waals surface area contributed by atoms with Gasteiger partial charge in [-0.25, -0.2) is 14.4 Å². The first-order valence-corrected chi connectivity index (χ1v) is 13.8. The number of aromatic nitrogens is 2. The van der Waals surface area contributed by atoms with Crippen molar-refractivity contribution >= 4 is 22.7 Å². The standard InChI is InChI=1S/C32H31FN4O5/c1-17-4-5-19-12-20(13-24(26(19)36-17)42-22-10-11-22)29(38)35-15-32(3,40)25-14-23-28(41-16-31(23,2)30(34)39)27(37-25)18-6-8-21(33)9-7-18/h4-9,12-14,22,40H,10-11,15-16H2,1-3H3,(H2,34,39)(H,35,38)/t31-,32-/m0/s1. The average Bonchev–Trinajstić information content (AvgIpc) is 3.71. The largest absolute Gasteiger partial charge is 0.489 e. The third-order valence-electron chi connectivity index (χ3n) is 7.86. The molecule has 1 aliphatic heterocycles. The maximum atomic E-state index is 13.7. The summed E-state index contributed by atoms with van der Waals surface area (Å²) in [5, 5.41) is 15.2. The monoisotopic (exact) mass is 570 g/mol. The quantitative estimate of drug-likeness (QED) is 0.291. The van der Waals surface area contributed by atoms with Crippen LogP contribution in [0.4, 0.5) is 4.39 Å². The Morgan fingerprint density at radius 3 is 2.60 bits per heavy atom. The number of carbonyl (C=O) groups is 2. The summed E-state index contributed by atoms with van der Waals surface area (Å²) in [4.78, 5) is 35.1. The van der Waals surface area contributed by atoms with Crippen LogP contribution in [0.25, 0.3) is 22.2 Å². The fraction of sp³-hybridized carbons (Fsp3) is 0.312. The topological polar surface area (TPSA) is 137 Å². The van der Waals surface area contributed by atoms with Crippen LogP contribution in [0.5, 0.6) is 11.5 Å². The predicted molar refractivity (Wildman–Crippen MR) is 154 cm³/mol. The number of benzene rings is 2. The SMILES string of the molecule is Cc1ccc2cc(C(=O)NC[C@](C)(O)c3cc4c(c(-c5ccc(F)cc5)n3)OC[C@]4(C)C(N)=O)cc(OC3CC3)c2n1. The second-order valence-electron chi connectivity index (χ2n) is 11.5. The first kappa shape index (κ1) is 27.6. The zero-order valence-electron chi connectivity index (χ0n) is 23.5. The molecule has 1 fully saturated rings. The smallest absolute Gasteiger partial charge is 0.251 e. The molecule has 1 aliphatic carbocycles. The van der Waals surface area contributed by atoms with Crippen LogP contribution in [-0.2, 0) is 15.8 Å². The van der Waals surface area contributed by atoms with E-state index in [0.29, 0.717) is 39.4 Å². The van der Waals surface area contributed by atoms with Crippen molar-refractivity contribution in [1.29, 1.82) is 0 Å². The third-order valence-corrected chi connectivity index (χ3v) is 7.86. The van der Waals surface area contributed by atoms with Crippen molar-refractivity contribution < 1.29 is 28.6 Å². The van der Waals surface area contributed by atoms with Gasteiger partial charge in [0, 0.05) is 27.8 Å². The van der Waals surface area contributed by atoms with Gasteiger partial charge in [0.05, 0.1) is 18.3 Å². The van der Waals surface area contributed by atoms with Crippen LogP contribution < -0.4 is 20.5 Å². The van der Waals surface area contributed by atoms with Crippen molar-refractivity contribution in [2.45, 2.75) is 50.7 Å². The van der Waals surface area contributed by atoms with Crippen LogP contribution in [0.3, 0.4) is 0 Å². The van der Waals surface area contributed by atoms with E-state index < -0.39 is 28.6 Å². The Morgan fingerprint density at radius 1 is 1.17 bits per heavy atom. The van der Waals surface area contributed by atoms with Crippen molar-refractivity contribution in [2.75, 3.05) is 13.2 Å². The predicted octanol–water partition coefficient (Wildman–Crippen LogP) is 4.06. The second-order valence-corrected chi connectivity index (χ2v) is 11.5. The highest BCUT2D eigenvalue weighted by atomic mass is 19.1. The van der Waals surface area contributed by atoms with Gasteiger partial charge in [0.2, 0.25) is 5.91 Å². The van der Waals surface area contributed by atoms with Gasteiger partial charge in [-0.3, -0.25) is 9.59 Å². The molecule has 4 N–H and O–H groups in total. The summed E-state index contributed by atoms with van der Waals surface area (Å²) in [6, 6.07) is 14.4. The van der Waals surface area contributed by atoms with Crippen molar-refractivity contribution in [2.24, 2.45) is 5.73 Å². The van der Waals surface area contributed by atoms with E-state index in [2.05, 4.69) is 15.3 Å². The Hall–Kier alpha value is -4.57.